The van der Waals surface area contributed by atoms with Gasteiger partial charge in [-0.05, 0) is 80.6 Å². The van der Waals surface area contributed by atoms with Crippen molar-refractivity contribution in [3.05, 3.63) is 22.8 Å². The topological polar surface area (TPSA) is 80.7 Å². The molecule has 4 aliphatic carbocycles. The van der Waals surface area contributed by atoms with Crippen molar-refractivity contribution in [2.24, 2.45) is 39.9 Å². The predicted octanol–water partition coefficient (Wildman–Crippen LogP) is 4.96. The molecule has 0 spiro atoms. The van der Waals surface area contributed by atoms with Crippen LogP contribution in [0.2, 0.25) is 0 Å². The summed E-state index contributed by atoms with van der Waals surface area (Å²) in [7, 11) is 0. The predicted molar refractivity (Wildman–Crippen MR) is 129 cm³/mol. The second-order valence-corrected chi connectivity index (χ2v) is 12.8. The molecule has 4 saturated carbocycles. The monoisotopic (exact) mass is 468 g/mol. The number of carbonyl (C=O) groups excluding carboxylic acids is 3. The van der Waals surface area contributed by atoms with Crippen molar-refractivity contribution in [1.82, 2.24) is 0 Å². The number of hydrogen-bond donors (Lipinski definition) is 1. The summed E-state index contributed by atoms with van der Waals surface area (Å²) < 4.78 is 5.91. The Labute approximate surface area is 203 Å². The molecule has 34 heavy (non-hydrogen) atoms. The third-order valence-electron chi connectivity index (χ3n) is 11.2. The number of Topliss-reactive ketones (excluding diaryl/α,β-unsaturated/α-hetero) is 2. The molecule has 0 unspecified atom stereocenters. The van der Waals surface area contributed by atoms with Crippen molar-refractivity contribution in [3.8, 4) is 0 Å². The molecule has 186 valence electrons. The fraction of sp³-hybridized carbons (Fsp3) is 0.759. The van der Waals surface area contributed by atoms with Crippen LogP contribution in [-0.4, -0.2) is 34.9 Å². The largest absolute Gasteiger partial charge is 0.454 e. The summed E-state index contributed by atoms with van der Waals surface area (Å²) in [6.45, 7) is 12.6. The van der Waals surface area contributed by atoms with Gasteiger partial charge in [-0.15, -0.1) is 0 Å². The highest BCUT2D eigenvalue weighted by atomic mass is 16.5. The Bertz CT molecular complexity index is 1020. The van der Waals surface area contributed by atoms with Gasteiger partial charge in [-0.25, -0.2) is 4.79 Å². The number of hydrogen-bond acceptors (Lipinski definition) is 5. The maximum absolute atomic E-state index is 14.1. The zero-order chi connectivity index (χ0) is 24.8. The molecule has 5 rings (SSSR count). The van der Waals surface area contributed by atoms with Gasteiger partial charge in [0.1, 0.15) is 18.0 Å². The lowest BCUT2D eigenvalue weighted by Gasteiger charge is -2.67. The lowest BCUT2D eigenvalue weighted by molar-refractivity contribution is -0.213. The molecule has 5 heteroatoms. The van der Waals surface area contributed by atoms with Gasteiger partial charge in [0, 0.05) is 29.2 Å². The molecule has 5 aliphatic rings. The summed E-state index contributed by atoms with van der Waals surface area (Å²) in [5.41, 5.74) is 1.85. The maximum atomic E-state index is 14.1. The Morgan fingerprint density at radius 1 is 1.15 bits per heavy atom. The average Bonchev–Trinajstić information content (AvgIpc) is 3.21. The Morgan fingerprint density at radius 3 is 2.53 bits per heavy atom. The number of carbonyl (C=O) groups is 3. The number of rotatable bonds is 3. The molecular formula is C29H40O5. The number of aliphatic hydroxyl groups is 1. The molecule has 1 aliphatic heterocycles. The lowest BCUT2D eigenvalue weighted by Crippen LogP contribution is -2.69. The zero-order valence-corrected chi connectivity index (χ0v) is 21.6. The molecule has 5 nitrogen and oxygen atoms in total. The van der Waals surface area contributed by atoms with E-state index in [1.807, 2.05) is 6.92 Å². The molecule has 1 N–H and O–H groups in total. The third kappa shape index (κ3) is 2.85. The third-order valence-corrected chi connectivity index (χ3v) is 11.2. The Kier molecular flexibility index (Phi) is 5.37. The van der Waals surface area contributed by atoms with E-state index < -0.39 is 11.5 Å². The van der Waals surface area contributed by atoms with Gasteiger partial charge in [0.05, 0.1) is 0 Å². The van der Waals surface area contributed by atoms with Crippen LogP contribution >= 0.6 is 0 Å². The minimum absolute atomic E-state index is 0.0910. The van der Waals surface area contributed by atoms with Crippen LogP contribution in [-0.2, 0) is 19.1 Å². The molecule has 0 aromatic rings. The van der Waals surface area contributed by atoms with Crippen molar-refractivity contribution in [3.63, 3.8) is 0 Å². The summed E-state index contributed by atoms with van der Waals surface area (Å²) in [4.78, 5) is 39.5. The molecule has 0 aromatic carbocycles. The molecule has 0 radical (unpaired) electrons. The standard InChI is InChI=1S/C29H40O5/c1-15(2)8-7-9-17-22-18-10-11-21-27(4)13-12-19(30)16(3)23(27)24(31)25(32)29(21,6)28(18,5)14-20(22)34-26(17)33/h8,16,18,20-21,23-24,31H,7,9-14H2,1-6H3/t16-,18+,20+,21+,23-,24+,27-,28+,29-/m1/s1. The highest BCUT2D eigenvalue weighted by Crippen LogP contribution is 2.73. The first-order valence-corrected chi connectivity index (χ1v) is 13.2. The first kappa shape index (κ1) is 24.0. The van der Waals surface area contributed by atoms with Crippen LogP contribution in [0.25, 0.3) is 0 Å². The molecular weight excluding hydrogens is 428 g/mol. The Morgan fingerprint density at radius 2 is 1.85 bits per heavy atom. The zero-order valence-electron chi connectivity index (χ0n) is 21.6. The number of allylic oxidation sites excluding steroid dienone is 2. The van der Waals surface area contributed by atoms with E-state index in [0.717, 1.165) is 36.8 Å². The van der Waals surface area contributed by atoms with E-state index in [0.29, 0.717) is 19.3 Å². The van der Waals surface area contributed by atoms with Crippen molar-refractivity contribution in [1.29, 1.82) is 0 Å². The summed E-state index contributed by atoms with van der Waals surface area (Å²) in [6, 6.07) is 0. The summed E-state index contributed by atoms with van der Waals surface area (Å²) in [5, 5.41) is 11.4. The van der Waals surface area contributed by atoms with E-state index >= 15 is 0 Å². The molecule has 1 heterocycles. The van der Waals surface area contributed by atoms with E-state index in [2.05, 4.69) is 40.7 Å². The van der Waals surface area contributed by atoms with Gasteiger partial charge in [-0.3, -0.25) is 9.59 Å². The van der Waals surface area contributed by atoms with Crippen LogP contribution in [0.3, 0.4) is 0 Å². The summed E-state index contributed by atoms with van der Waals surface area (Å²) in [5.74, 6) is -0.470. The van der Waals surface area contributed by atoms with Crippen LogP contribution in [0.1, 0.15) is 86.5 Å². The van der Waals surface area contributed by atoms with Crippen LogP contribution < -0.4 is 0 Å². The van der Waals surface area contributed by atoms with E-state index in [1.165, 1.54) is 5.57 Å². The minimum Gasteiger partial charge on any atom is -0.454 e. The highest BCUT2D eigenvalue weighted by Gasteiger charge is 2.74. The van der Waals surface area contributed by atoms with Gasteiger partial charge in [0.2, 0.25) is 0 Å². The molecule has 0 saturated heterocycles. The van der Waals surface area contributed by atoms with Gasteiger partial charge in [-0.1, -0.05) is 39.3 Å². The quantitative estimate of drug-likeness (QED) is 0.468. The van der Waals surface area contributed by atoms with Crippen molar-refractivity contribution >= 4 is 17.5 Å². The van der Waals surface area contributed by atoms with Crippen LogP contribution in [0, 0.1) is 39.9 Å². The smallest absolute Gasteiger partial charge is 0.334 e. The molecule has 0 bridgehead atoms. The molecule has 9 atom stereocenters. The van der Waals surface area contributed by atoms with Crippen LogP contribution in [0.15, 0.2) is 22.8 Å². The highest BCUT2D eigenvalue weighted by molar-refractivity contribution is 5.95. The van der Waals surface area contributed by atoms with Crippen molar-refractivity contribution in [2.45, 2.75) is 98.7 Å². The van der Waals surface area contributed by atoms with Crippen molar-refractivity contribution < 1.29 is 24.2 Å². The second kappa shape index (κ2) is 7.62. The van der Waals surface area contributed by atoms with E-state index in [1.54, 1.807) is 0 Å². The van der Waals surface area contributed by atoms with Gasteiger partial charge >= 0.3 is 5.97 Å². The van der Waals surface area contributed by atoms with Crippen LogP contribution in [0.5, 0.6) is 0 Å². The number of fused-ring (bicyclic) bond motifs is 7. The van der Waals surface area contributed by atoms with Gasteiger partial charge in [0.15, 0.2) is 5.78 Å². The normalized spacial score (nSPS) is 47.6. The minimum atomic E-state index is -1.12. The SMILES string of the molecule is CC(C)=CCCC1=C2[C@H](C[C@@]3(C)[C@H]2CC[C@H]2[C@@]4(C)CCC(=O)[C@@H](C)[C@@H]4[C@H](O)C(=O)[C@@]23C)OC1=O. The second-order valence-electron chi connectivity index (χ2n) is 12.8. The Balaban J connectivity index is 1.57. The van der Waals surface area contributed by atoms with Crippen LogP contribution in [0.4, 0.5) is 0 Å². The van der Waals surface area contributed by atoms with Gasteiger partial charge in [-0.2, -0.15) is 0 Å². The first-order chi connectivity index (χ1) is 15.9. The fourth-order valence-corrected chi connectivity index (χ4v) is 9.36. The number of ketones is 2. The van der Waals surface area contributed by atoms with E-state index in [9.17, 15) is 19.5 Å². The van der Waals surface area contributed by atoms with E-state index in [-0.39, 0.29) is 58.1 Å². The average molecular weight is 469 g/mol. The number of aliphatic hydroxyl groups excluding tert-OH is 1. The fourth-order valence-electron chi connectivity index (χ4n) is 9.36. The molecule has 0 aromatic heterocycles. The lowest BCUT2D eigenvalue weighted by atomic mass is 9.36. The summed E-state index contributed by atoms with van der Waals surface area (Å²) >= 11 is 0. The van der Waals surface area contributed by atoms with Crippen molar-refractivity contribution in [2.75, 3.05) is 0 Å². The number of ether oxygens (including phenoxy) is 1. The maximum Gasteiger partial charge on any atom is 0.334 e. The Hall–Kier alpha value is -1.75. The van der Waals surface area contributed by atoms with E-state index in [4.69, 9.17) is 4.74 Å². The summed E-state index contributed by atoms with van der Waals surface area (Å²) in [6.07, 6.45) is 6.02. The first-order valence-electron chi connectivity index (χ1n) is 13.2. The van der Waals surface area contributed by atoms with Gasteiger partial charge in [0.25, 0.3) is 0 Å². The molecule has 0 amide bonds. The molecule has 4 fully saturated rings. The van der Waals surface area contributed by atoms with Gasteiger partial charge < -0.3 is 9.84 Å². The number of esters is 1.